The van der Waals surface area contributed by atoms with Crippen molar-refractivity contribution in [1.82, 2.24) is 10.1 Å². The van der Waals surface area contributed by atoms with Gasteiger partial charge in [0, 0.05) is 5.92 Å². The van der Waals surface area contributed by atoms with Crippen molar-refractivity contribution in [3.8, 4) is 0 Å². The van der Waals surface area contributed by atoms with Crippen molar-refractivity contribution in [1.29, 1.82) is 0 Å². The van der Waals surface area contributed by atoms with Gasteiger partial charge in [0.15, 0.2) is 5.82 Å². The minimum Gasteiger partial charge on any atom is -0.339 e. The van der Waals surface area contributed by atoms with Gasteiger partial charge in [0.2, 0.25) is 5.89 Å². The van der Waals surface area contributed by atoms with Crippen LogP contribution in [0.15, 0.2) is 4.52 Å². The van der Waals surface area contributed by atoms with Gasteiger partial charge in [-0.25, -0.2) is 0 Å². The van der Waals surface area contributed by atoms with Gasteiger partial charge in [-0.3, -0.25) is 0 Å². The van der Waals surface area contributed by atoms with Gasteiger partial charge in [0.1, 0.15) is 0 Å². The first kappa shape index (κ1) is 13.1. The lowest BCUT2D eigenvalue weighted by Crippen LogP contribution is -2.39. The van der Waals surface area contributed by atoms with Gasteiger partial charge >= 0.3 is 0 Å². The van der Waals surface area contributed by atoms with E-state index in [4.69, 9.17) is 10.3 Å². The molecule has 106 valence electrons. The van der Waals surface area contributed by atoms with Crippen LogP contribution >= 0.6 is 0 Å². The molecule has 0 aromatic carbocycles. The van der Waals surface area contributed by atoms with E-state index in [9.17, 15) is 0 Å². The lowest BCUT2D eigenvalue weighted by atomic mass is 9.81. The Bertz CT molecular complexity index is 415. The molecule has 2 fully saturated rings. The van der Waals surface area contributed by atoms with E-state index in [0.29, 0.717) is 5.92 Å². The third kappa shape index (κ3) is 2.69. The first-order valence-corrected chi connectivity index (χ1v) is 7.80. The van der Waals surface area contributed by atoms with Gasteiger partial charge in [-0.1, -0.05) is 31.3 Å². The minimum atomic E-state index is -0.331. The van der Waals surface area contributed by atoms with E-state index in [-0.39, 0.29) is 5.54 Å². The van der Waals surface area contributed by atoms with Crippen molar-refractivity contribution in [3.63, 3.8) is 0 Å². The van der Waals surface area contributed by atoms with Crippen LogP contribution in [0, 0.1) is 5.92 Å². The maximum atomic E-state index is 6.46. The fourth-order valence-electron chi connectivity index (χ4n) is 3.52. The molecule has 0 unspecified atom stereocenters. The van der Waals surface area contributed by atoms with Crippen LogP contribution in [0.1, 0.15) is 82.3 Å². The molecule has 0 radical (unpaired) electrons. The van der Waals surface area contributed by atoms with Crippen LogP contribution in [0.3, 0.4) is 0 Å². The second-order valence-corrected chi connectivity index (χ2v) is 6.63. The van der Waals surface area contributed by atoms with E-state index < -0.39 is 0 Å². The molecule has 3 rings (SSSR count). The maximum absolute atomic E-state index is 6.46. The molecule has 4 nitrogen and oxygen atoms in total. The molecule has 2 N–H and O–H groups in total. The van der Waals surface area contributed by atoms with E-state index >= 15 is 0 Å². The van der Waals surface area contributed by atoms with Gasteiger partial charge in [0.05, 0.1) is 5.54 Å². The van der Waals surface area contributed by atoms with Crippen molar-refractivity contribution in [3.05, 3.63) is 11.7 Å². The van der Waals surface area contributed by atoms with E-state index in [2.05, 4.69) is 17.1 Å². The molecule has 2 aliphatic carbocycles. The van der Waals surface area contributed by atoms with Crippen LogP contribution in [0.2, 0.25) is 0 Å². The maximum Gasteiger partial charge on any atom is 0.229 e. The smallest absolute Gasteiger partial charge is 0.229 e. The highest BCUT2D eigenvalue weighted by Gasteiger charge is 2.35. The summed E-state index contributed by atoms with van der Waals surface area (Å²) < 4.78 is 5.52. The van der Waals surface area contributed by atoms with Crippen molar-refractivity contribution in [2.45, 2.75) is 76.2 Å². The molecule has 0 bridgehead atoms. The lowest BCUT2D eigenvalue weighted by molar-refractivity contribution is 0.263. The summed E-state index contributed by atoms with van der Waals surface area (Å²) in [6.07, 6.45) is 10.5. The van der Waals surface area contributed by atoms with Crippen LogP contribution in [0.5, 0.6) is 0 Å². The Kier molecular flexibility index (Phi) is 3.61. The summed E-state index contributed by atoms with van der Waals surface area (Å²) in [4.78, 5) is 4.65. The summed E-state index contributed by atoms with van der Waals surface area (Å²) in [6.45, 7) is 2.33. The van der Waals surface area contributed by atoms with E-state index in [0.717, 1.165) is 30.5 Å². The standard InChI is InChI=1S/C15H25N3O/c1-11-5-7-12(8-6-11)13-17-14(18-19-13)15(16)9-3-2-4-10-15/h11-12H,2-10,16H2,1H3. The minimum absolute atomic E-state index is 0.331. The van der Waals surface area contributed by atoms with Crippen molar-refractivity contribution >= 4 is 0 Å². The van der Waals surface area contributed by atoms with Gasteiger partial charge in [-0.2, -0.15) is 4.98 Å². The fourth-order valence-corrected chi connectivity index (χ4v) is 3.52. The highest BCUT2D eigenvalue weighted by molar-refractivity contribution is 5.07. The molecular weight excluding hydrogens is 238 g/mol. The van der Waals surface area contributed by atoms with Crippen LogP contribution in [-0.4, -0.2) is 10.1 Å². The molecule has 4 heteroatoms. The molecule has 0 atom stereocenters. The lowest BCUT2D eigenvalue weighted by Gasteiger charge is -2.29. The number of rotatable bonds is 2. The number of nitrogens with zero attached hydrogens (tertiary/aromatic N) is 2. The van der Waals surface area contributed by atoms with Crippen LogP contribution in [-0.2, 0) is 5.54 Å². The van der Waals surface area contributed by atoms with Crippen molar-refractivity contribution < 1.29 is 4.52 Å². The highest BCUT2D eigenvalue weighted by atomic mass is 16.5. The average Bonchev–Trinajstić information content (AvgIpc) is 2.91. The van der Waals surface area contributed by atoms with Gasteiger partial charge < -0.3 is 10.3 Å². The second kappa shape index (κ2) is 5.23. The molecule has 1 aromatic rings. The molecular formula is C15H25N3O. The van der Waals surface area contributed by atoms with Crippen molar-refractivity contribution in [2.75, 3.05) is 0 Å². The third-order valence-corrected chi connectivity index (χ3v) is 5.00. The fraction of sp³-hybridized carbons (Fsp3) is 0.867. The SMILES string of the molecule is CC1CCC(c2nc(C3(N)CCCCC3)no2)CC1. The van der Waals surface area contributed by atoms with Crippen molar-refractivity contribution in [2.24, 2.45) is 11.7 Å². The Morgan fingerprint density at radius 3 is 2.47 bits per heavy atom. The molecule has 0 aliphatic heterocycles. The Labute approximate surface area is 115 Å². The number of nitrogens with two attached hydrogens (primary N) is 1. The Hall–Kier alpha value is -0.900. The zero-order chi connectivity index (χ0) is 13.3. The van der Waals surface area contributed by atoms with Gasteiger partial charge in [-0.15, -0.1) is 0 Å². The summed E-state index contributed by atoms with van der Waals surface area (Å²) in [5.74, 6) is 2.89. The summed E-state index contributed by atoms with van der Waals surface area (Å²) in [5.41, 5.74) is 6.13. The molecule has 2 saturated carbocycles. The normalized spacial score (nSPS) is 31.3. The third-order valence-electron chi connectivity index (χ3n) is 5.00. The van der Waals surface area contributed by atoms with Crippen LogP contribution < -0.4 is 5.73 Å². The highest BCUT2D eigenvalue weighted by Crippen LogP contribution is 2.37. The Balaban J connectivity index is 1.72. The first-order valence-electron chi connectivity index (χ1n) is 7.80. The largest absolute Gasteiger partial charge is 0.339 e. The first-order chi connectivity index (χ1) is 9.17. The predicted octanol–water partition coefficient (Wildman–Crippen LogP) is 3.48. The monoisotopic (exact) mass is 263 g/mol. The second-order valence-electron chi connectivity index (χ2n) is 6.63. The van der Waals surface area contributed by atoms with Crippen LogP contribution in [0.4, 0.5) is 0 Å². The van der Waals surface area contributed by atoms with E-state index in [1.165, 1.54) is 44.9 Å². The molecule has 1 heterocycles. The van der Waals surface area contributed by atoms with E-state index in [1.54, 1.807) is 0 Å². The average molecular weight is 263 g/mol. The number of hydrogen-bond donors (Lipinski definition) is 1. The zero-order valence-electron chi connectivity index (χ0n) is 11.9. The molecule has 0 amide bonds. The zero-order valence-corrected chi connectivity index (χ0v) is 11.9. The Morgan fingerprint density at radius 1 is 1.11 bits per heavy atom. The topological polar surface area (TPSA) is 64.9 Å². The summed E-state index contributed by atoms with van der Waals surface area (Å²) in [7, 11) is 0. The Morgan fingerprint density at radius 2 is 1.79 bits per heavy atom. The summed E-state index contributed by atoms with van der Waals surface area (Å²) >= 11 is 0. The quantitative estimate of drug-likeness (QED) is 0.887. The molecule has 0 saturated heterocycles. The van der Waals surface area contributed by atoms with Crippen LogP contribution in [0.25, 0.3) is 0 Å². The molecule has 19 heavy (non-hydrogen) atoms. The molecule has 1 aromatic heterocycles. The molecule has 0 spiro atoms. The molecule has 2 aliphatic rings. The van der Waals surface area contributed by atoms with E-state index in [1.807, 2.05) is 0 Å². The number of hydrogen-bond acceptors (Lipinski definition) is 4. The summed E-state index contributed by atoms with van der Waals surface area (Å²) in [5, 5.41) is 4.19. The predicted molar refractivity (Wildman–Crippen MR) is 73.6 cm³/mol. The van der Waals surface area contributed by atoms with Gasteiger partial charge in [0.25, 0.3) is 0 Å². The summed E-state index contributed by atoms with van der Waals surface area (Å²) in [6, 6.07) is 0. The van der Waals surface area contributed by atoms with Gasteiger partial charge in [-0.05, 0) is 44.4 Å². The number of aromatic nitrogens is 2.